The molecule has 0 spiro atoms. The fourth-order valence-electron chi connectivity index (χ4n) is 2.30. The molecule has 4 nitrogen and oxygen atoms in total. The Balaban J connectivity index is 2.33. The number of aromatic nitrogens is 2. The number of aliphatic hydroxyl groups excluding tert-OH is 1. The van der Waals surface area contributed by atoms with Crippen LogP contribution in [0.15, 0.2) is 0 Å². The minimum atomic E-state index is -0.301. The van der Waals surface area contributed by atoms with Gasteiger partial charge in [0.25, 0.3) is 0 Å². The predicted octanol–water partition coefficient (Wildman–Crippen LogP) is 2.77. The number of aliphatic hydroxyl groups is 1. The monoisotopic (exact) mass is 283 g/mol. The average molecular weight is 284 g/mol. The van der Waals surface area contributed by atoms with Crippen LogP contribution in [0.1, 0.15) is 44.5 Å². The first-order valence-electron chi connectivity index (χ1n) is 6.87. The van der Waals surface area contributed by atoms with Crippen LogP contribution in [-0.4, -0.2) is 34.3 Å². The first-order chi connectivity index (χ1) is 8.90. The highest BCUT2D eigenvalue weighted by Gasteiger charge is 2.27. The molecule has 1 aromatic heterocycles. The van der Waals surface area contributed by atoms with Gasteiger partial charge in [0.05, 0.1) is 6.10 Å². The molecule has 1 fully saturated rings. The molecule has 1 N–H and O–H groups in total. The van der Waals surface area contributed by atoms with Crippen LogP contribution in [0.5, 0.6) is 0 Å². The summed E-state index contributed by atoms with van der Waals surface area (Å²) in [7, 11) is 0. The third-order valence-electron chi connectivity index (χ3n) is 3.81. The lowest BCUT2D eigenvalue weighted by atomic mass is 9.96. The lowest BCUT2D eigenvalue weighted by Crippen LogP contribution is -2.43. The molecule has 0 amide bonds. The molecule has 2 atom stereocenters. The number of nitrogens with zero attached hydrogens (tertiary/aromatic N) is 3. The van der Waals surface area contributed by atoms with Crippen LogP contribution in [0.3, 0.4) is 0 Å². The second kappa shape index (κ2) is 5.63. The first kappa shape index (κ1) is 14.5. The highest BCUT2D eigenvalue weighted by molar-refractivity contribution is 6.30. The Morgan fingerprint density at radius 2 is 2.05 bits per heavy atom. The van der Waals surface area contributed by atoms with E-state index < -0.39 is 0 Å². The van der Waals surface area contributed by atoms with Crippen LogP contribution in [0.25, 0.3) is 0 Å². The van der Waals surface area contributed by atoms with Crippen LogP contribution >= 0.6 is 11.6 Å². The maximum atomic E-state index is 10.0. The lowest BCUT2D eigenvalue weighted by molar-refractivity contribution is 0.102. The molecule has 1 aromatic rings. The minimum absolute atomic E-state index is 0.241. The summed E-state index contributed by atoms with van der Waals surface area (Å²) >= 11 is 6.21. The SMILES string of the molecule is Cc1c(Cl)nc(C(C)C)nc1N1CCC(C)C(O)C1. The maximum absolute atomic E-state index is 10.0. The standard InChI is InChI=1S/C14H22ClN3O/c1-8(2)13-16-12(15)10(4)14(17-13)18-6-5-9(3)11(19)7-18/h8-9,11,19H,5-7H2,1-4H3. The molecule has 19 heavy (non-hydrogen) atoms. The second-order valence-electron chi connectivity index (χ2n) is 5.76. The summed E-state index contributed by atoms with van der Waals surface area (Å²) < 4.78 is 0. The summed E-state index contributed by atoms with van der Waals surface area (Å²) in [5, 5.41) is 10.5. The molecule has 2 unspecified atom stereocenters. The molecular weight excluding hydrogens is 262 g/mol. The molecule has 0 aliphatic carbocycles. The fraction of sp³-hybridized carbons (Fsp3) is 0.714. The zero-order valence-electron chi connectivity index (χ0n) is 12.0. The van der Waals surface area contributed by atoms with Gasteiger partial charge in [-0.2, -0.15) is 0 Å². The average Bonchev–Trinajstić information content (AvgIpc) is 2.35. The van der Waals surface area contributed by atoms with E-state index in [1.807, 2.05) is 6.92 Å². The van der Waals surface area contributed by atoms with E-state index in [0.717, 1.165) is 30.2 Å². The van der Waals surface area contributed by atoms with E-state index in [1.165, 1.54) is 0 Å². The zero-order chi connectivity index (χ0) is 14.2. The molecule has 5 heteroatoms. The van der Waals surface area contributed by atoms with Crippen molar-refractivity contribution in [3.05, 3.63) is 16.5 Å². The number of halogens is 1. The Hall–Kier alpha value is -0.870. The topological polar surface area (TPSA) is 49.2 Å². The van der Waals surface area contributed by atoms with Crippen molar-refractivity contribution < 1.29 is 5.11 Å². The highest BCUT2D eigenvalue weighted by atomic mass is 35.5. The van der Waals surface area contributed by atoms with Gasteiger partial charge in [-0.05, 0) is 19.3 Å². The van der Waals surface area contributed by atoms with E-state index in [2.05, 4.69) is 35.6 Å². The Kier molecular flexibility index (Phi) is 4.31. The van der Waals surface area contributed by atoms with Gasteiger partial charge in [0.15, 0.2) is 0 Å². The molecule has 2 rings (SSSR count). The minimum Gasteiger partial charge on any atom is -0.391 e. The quantitative estimate of drug-likeness (QED) is 0.848. The normalized spacial score (nSPS) is 24.1. The van der Waals surface area contributed by atoms with E-state index in [1.54, 1.807) is 0 Å². The Bertz CT molecular complexity index is 464. The predicted molar refractivity (Wildman–Crippen MR) is 77.9 cm³/mol. The van der Waals surface area contributed by atoms with Crippen molar-refractivity contribution >= 4 is 17.4 Å². The van der Waals surface area contributed by atoms with E-state index in [-0.39, 0.29) is 12.0 Å². The van der Waals surface area contributed by atoms with Crippen LogP contribution in [-0.2, 0) is 0 Å². The van der Waals surface area contributed by atoms with Crippen LogP contribution in [0, 0.1) is 12.8 Å². The molecule has 2 heterocycles. The van der Waals surface area contributed by atoms with Gasteiger partial charge in [-0.15, -0.1) is 0 Å². The van der Waals surface area contributed by atoms with Gasteiger partial charge in [-0.3, -0.25) is 0 Å². The van der Waals surface area contributed by atoms with Crippen molar-refractivity contribution in [3.8, 4) is 0 Å². The molecule has 0 saturated carbocycles. The molecule has 1 saturated heterocycles. The molecule has 1 aliphatic rings. The van der Waals surface area contributed by atoms with Gasteiger partial charge < -0.3 is 10.0 Å². The summed E-state index contributed by atoms with van der Waals surface area (Å²) in [6.07, 6.45) is 0.670. The van der Waals surface area contributed by atoms with Gasteiger partial charge >= 0.3 is 0 Å². The number of hydrogen-bond acceptors (Lipinski definition) is 4. The highest BCUT2D eigenvalue weighted by Crippen LogP contribution is 2.29. The van der Waals surface area contributed by atoms with Crippen molar-refractivity contribution in [3.63, 3.8) is 0 Å². The van der Waals surface area contributed by atoms with Crippen molar-refractivity contribution in [2.75, 3.05) is 18.0 Å². The number of rotatable bonds is 2. The first-order valence-corrected chi connectivity index (χ1v) is 7.25. The Labute approximate surface area is 119 Å². The van der Waals surface area contributed by atoms with E-state index in [4.69, 9.17) is 11.6 Å². The van der Waals surface area contributed by atoms with E-state index in [9.17, 15) is 5.11 Å². The van der Waals surface area contributed by atoms with Gasteiger partial charge in [0.2, 0.25) is 0 Å². The second-order valence-corrected chi connectivity index (χ2v) is 6.11. The molecule has 0 bridgehead atoms. The van der Waals surface area contributed by atoms with Crippen molar-refractivity contribution in [2.24, 2.45) is 5.92 Å². The number of β-amino-alcohol motifs (C(OH)–C–C–N with tert-alkyl or cyclic N) is 1. The van der Waals surface area contributed by atoms with Crippen LogP contribution < -0.4 is 4.90 Å². The van der Waals surface area contributed by atoms with Crippen molar-refractivity contribution in [2.45, 2.75) is 46.1 Å². The molecule has 0 radical (unpaired) electrons. The van der Waals surface area contributed by atoms with Crippen LogP contribution in [0.4, 0.5) is 5.82 Å². The summed E-state index contributed by atoms with van der Waals surface area (Å²) in [5.41, 5.74) is 0.896. The number of anilines is 1. The van der Waals surface area contributed by atoms with Gasteiger partial charge in [0, 0.05) is 24.6 Å². The summed E-state index contributed by atoms with van der Waals surface area (Å²) in [5.74, 6) is 2.22. The third kappa shape index (κ3) is 3.00. The van der Waals surface area contributed by atoms with Gasteiger partial charge in [0.1, 0.15) is 16.8 Å². The Morgan fingerprint density at radius 3 is 2.63 bits per heavy atom. The smallest absolute Gasteiger partial charge is 0.137 e. The van der Waals surface area contributed by atoms with E-state index >= 15 is 0 Å². The lowest BCUT2D eigenvalue weighted by Gasteiger charge is -2.36. The zero-order valence-corrected chi connectivity index (χ0v) is 12.8. The summed E-state index contributed by atoms with van der Waals surface area (Å²) in [6.45, 7) is 9.65. The van der Waals surface area contributed by atoms with Gasteiger partial charge in [-0.25, -0.2) is 9.97 Å². The van der Waals surface area contributed by atoms with Gasteiger partial charge in [-0.1, -0.05) is 32.4 Å². The largest absolute Gasteiger partial charge is 0.391 e. The fourth-order valence-corrected chi connectivity index (χ4v) is 2.47. The molecule has 106 valence electrons. The third-order valence-corrected chi connectivity index (χ3v) is 4.18. The summed E-state index contributed by atoms with van der Waals surface area (Å²) in [4.78, 5) is 11.1. The maximum Gasteiger partial charge on any atom is 0.137 e. The van der Waals surface area contributed by atoms with Crippen LogP contribution in [0.2, 0.25) is 5.15 Å². The Morgan fingerprint density at radius 1 is 1.37 bits per heavy atom. The number of hydrogen-bond donors (Lipinski definition) is 1. The summed E-state index contributed by atoms with van der Waals surface area (Å²) in [6, 6.07) is 0. The molecule has 1 aliphatic heterocycles. The molecular formula is C14H22ClN3O. The van der Waals surface area contributed by atoms with Crippen molar-refractivity contribution in [1.29, 1.82) is 0 Å². The van der Waals surface area contributed by atoms with Crippen molar-refractivity contribution in [1.82, 2.24) is 9.97 Å². The molecule has 0 aromatic carbocycles. The number of piperidine rings is 1. The van der Waals surface area contributed by atoms with E-state index in [0.29, 0.717) is 17.6 Å².